The van der Waals surface area contributed by atoms with Crippen LogP contribution in [-0.4, -0.2) is 49.8 Å². The van der Waals surface area contributed by atoms with Crippen molar-refractivity contribution in [2.75, 3.05) is 23.3 Å². The minimum Gasteiger partial charge on any atom is -0.336 e. The van der Waals surface area contributed by atoms with Gasteiger partial charge in [0.05, 0.1) is 17.8 Å². The molecule has 0 radical (unpaired) electrons. The average Bonchev–Trinajstić information content (AvgIpc) is 3.42. The Labute approximate surface area is 177 Å². The zero-order valence-corrected chi connectivity index (χ0v) is 17.7. The number of carbonyl (C=O) groups excluding carboxylic acids is 2. The smallest absolute Gasteiger partial charge is 0.323 e. The molecule has 3 aromatic rings. The van der Waals surface area contributed by atoms with Gasteiger partial charge in [-0.15, -0.1) is 11.3 Å². The van der Waals surface area contributed by atoms with Crippen LogP contribution in [0.5, 0.6) is 0 Å². The molecule has 156 valence electrons. The van der Waals surface area contributed by atoms with Crippen LogP contribution in [0.25, 0.3) is 5.95 Å². The molecule has 0 saturated carbocycles. The molecule has 3 amide bonds. The highest BCUT2D eigenvalue weighted by molar-refractivity contribution is 7.14. The van der Waals surface area contributed by atoms with E-state index < -0.39 is 0 Å². The zero-order chi connectivity index (χ0) is 21.3. The highest BCUT2D eigenvalue weighted by Crippen LogP contribution is 2.26. The zero-order valence-electron chi connectivity index (χ0n) is 16.9. The number of thiazole rings is 1. The monoisotopic (exact) mass is 426 g/mol. The summed E-state index contributed by atoms with van der Waals surface area (Å²) >= 11 is 1.34. The van der Waals surface area contributed by atoms with Crippen molar-refractivity contribution in [3.63, 3.8) is 0 Å². The molecule has 1 fully saturated rings. The fourth-order valence-electron chi connectivity index (χ4n) is 2.90. The van der Waals surface area contributed by atoms with Crippen LogP contribution in [-0.2, 0) is 16.6 Å². The first-order valence-corrected chi connectivity index (χ1v) is 10.4. The third-order valence-electron chi connectivity index (χ3n) is 4.46. The van der Waals surface area contributed by atoms with Crippen LogP contribution >= 0.6 is 11.3 Å². The molecule has 0 unspecified atom stereocenters. The van der Waals surface area contributed by atoms with Crippen LogP contribution in [0.4, 0.5) is 15.7 Å². The highest BCUT2D eigenvalue weighted by Gasteiger charge is 2.25. The van der Waals surface area contributed by atoms with Gasteiger partial charge in [-0.25, -0.2) is 19.7 Å². The van der Waals surface area contributed by atoms with Crippen molar-refractivity contribution in [2.45, 2.75) is 32.6 Å². The van der Waals surface area contributed by atoms with Gasteiger partial charge in [0.15, 0.2) is 5.13 Å². The number of anilines is 2. The van der Waals surface area contributed by atoms with Crippen molar-refractivity contribution in [3.05, 3.63) is 41.3 Å². The van der Waals surface area contributed by atoms with Crippen LogP contribution in [0.3, 0.4) is 0 Å². The maximum atomic E-state index is 12.7. The van der Waals surface area contributed by atoms with Gasteiger partial charge in [-0.1, -0.05) is 20.8 Å². The van der Waals surface area contributed by atoms with Gasteiger partial charge in [0.1, 0.15) is 5.82 Å². The van der Waals surface area contributed by atoms with Gasteiger partial charge in [-0.2, -0.15) is 9.78 Å². The summed E-state index contributed by atoms with van der Waals surface area (Å²) in [5.74, 6) is 0.625. The first-order chi connectivity index (χ1) is 14.3. The standard InChI is InChI=1S/C19H22N8O2S/c1-19(2,3)13-10-14(27(25-13)16-20-5-4-6-21-16)24-15(28)9-12-11-30-18(23-12)26-8-7-22-17(26)29/h4-6,10-11H,7-9H2,1-3H3,(H,22,29)(H,24,28). The molecular weight excluding hydrogens is 404 g/mol. The lowest BCUT2D eigenvalue weighted by molar-refractivity contribution is -0.115. The van der Waals surface area contributed by atoms with Crippen LogP contribution < -0.4 is 15.5 Å². The number of rotatable bonds is 5. The van der Waals surface area contributed by atoms with E-state index in [4.69, 9.17) is 0 Å². The Kier molecular flexibility index (Phi) is 5.20. The Bertz CT molecular complexity index is 1070. The fraction of sp³-hybridized carbons (Fsp3) is 0.368. The molecule has 3 aromatic heterocycles. The second kappa shape index (κ2) is 7.82. The van der Waals surface area contributed by atoms with Crippen molar-refractivity contribution in [1.29, 1.82) is 0 Å². The lowest BCUT2D eigenvalue weighted by Crippen LogP contribution is -2.27. The first kappa shape index (κ1) is 20.0. The van der Waals surface area contributed by atoms with Gasteiger partial charge < -0.3 is 10.6 Å². The van der Waals surface area contributed by atoms with Crippen LogP contribution in [0, 0.1) is 0 Å². The molecule has 30 heavy (non-hydrogen) atoms. The molecule has 4 heterocycles. The number of hydrogen-bond acceptors (Lipinski definition) is 7. The number of urea groups is 1. The van der Waals surface area contributed by atoms with E-state index in [2.05, 4.69) is 30.7 Å². The molecule has 0 spiro atoms. The van der Waals surface area contributed by atoms with Crippen LogP contribution in [0.15, 0.2) is 29.9 Å². The minimum atomic E-state index is -0.240. The first-order valence-electron chi connectivity index (χ1n) is 9.49. The second-order valence-electron chi connectivity index (χ2n) is 7.86. The number of aromatic nitrogens is 5. The summed E-state index contributed by atoms with van der Waals surface area (Å²) in [7, 11) is 0. The van der Waals surface area contributed by atoms with Crippen molar-refractivity contribution in [2.24, 2.45) is 0 Å². The van der Waals surface area contributed by atoms with Crippen LogP contribution in [0.1, 0.15) is 32.2 Å². The van der Waals surface area contributed by atoms with Crippen molar-refractivity contribution in [3.8, 4) is 5.95 Å². The molecule has 11 heteroatoms. The van der Waals surface area contributed by atoms with E-state index in [9.17, 15) is 9.59 Å². The lowest BCUT2D eigenvalue weighted by atomic mass is 9.92. The Morgan fingerprint density at radius 1 is 1.30 bits per heavy atom. The summed E-state index contributed by atoms with van der Waals surface area (Å²) in [4.78, 5) is 38.9. The van der Waals surface area contributed by atoms with Gasteiger partial charge in [0, 0.05) is 42.3 Å². The molecule has 0 aromatic carbocycles. The van der Waals surface area contributed by atoms with Crippen LogP contribution in [0.2, 0.25) is 0 Å². The summed E-state index contributed by atoms with van der Waals surface area (Å²) in [5.41, 5.74) is 1.20. The number of carbonyl (C=O) groups is 2. The van der Waals surface area contributed by atoms with E-state index in [0.717, 1.165) is 5.69 Å². The van der Waals surface area contributed by atoms with E-state index in [1.54, 1.807) is 28.7 Å². The molecule has 0 atom stereocenters. The topological polar surface area (TPSA) is 118 Å². The molecular formula is C19H22N8O2S. The summed E-state index contributed by atoms with van der Waals surface area (Å²) in [6.07, 6.45) is 3.33. The summed E-state index contributed by atoms with van der Waals surface area (Å²) in [5, 5.41) is 12.6. The maximum Gasteiger partial charge on any atom is 0.323 e. The Balaban J connectivity index is 1.52. The molecule has 1 aliphatic heterocycles. The van der Waals surface area contributed by atoms with Crippen molar-refractivity contribution >= 4 is 34.2 Å². The van der Waals surface area contributed by atoms with Gasteiger partial charge in [-0.3, -0.25) is 9.69 Å². The molecule has 10 nitrogen and oxygen atoms in total. The maximum absolute atomic E-state index is 12.7. The third kappa shape index (κ3) is 4.15. The summed E-state index contributed by atoms with van der Waals surface area (Å²) < 4.78 is 1.53. The number of nitrogens with zero attached hydrogens (tertiary/aromatic N) is 6. The van der Waals surface area contributed by atoms with Gasteiger partial charge in [-0.05, 0) is 6.07 Å². The van der Waals surface area contributed by atoms with E-state index >= 15 is 0 Å². The summed E-state index contributed by atoms with van der Waals surface area (Å²) in [6.45, 7) is 7.30. The molecule has 4 rings (SSSR count). The van der Waals surface area contributed by atoms with Gasteiger partial charge in [0.25, 0.3) is 5.95 Å². The largest absolute Gasteiger partial charge is 0.336 e. The molecule has 0 bridgehead atoms. The average molecular weight is 427 g/mol. The molecule has 2 N–H and O–H groups in total. The minimum absolute atomic E-state index is 0.0810. The van der Waals surface area contributed by atoms with E-state index in [1.165, 1.54) is 16.0 Å². The molecule has 1 saturated heterocycles. The van der Waals surface area contributed by atoms with Gasteiger partial charge >= 0.3 is 6.03 Å². The quantitative estimate of drug-likeness (QED) is 0.645. The molecule has 0 aliphatic carbocycles. The number of hydrogen-bond donors (Lipinski definition) is 2. The normalized spacial score (nSPS) is 14.1. The Morgan fingerprint density at radius 2 is 2.07 bits per heavy atom. The van der Waals surface area contributed by atoms with Crippen molar-refractivity contribution in [1.82, 2.24) is 30.0 Å². The van der Waals surface area contributed by atoms with E-state index in [1.807, 2.05) is 26.8 Å². The SMILES string of the molecule is CC(C)(C)c1cc(NC(=O)Cc2csc(N3CCNC3=O)n2)n(-c2ncccn2)n1. The Hall–Kier alpha value is -3.34. The third-order valence-corrected chi connectivity index (χ3v) is 5.37. The number of nitrogens with one attached hydrogen (secondary N) is 2. The van der Waals surface area contributed by atoms with Gasteiger partial charge in [0.2, 0.25) is 5.91 Å². The number of amides is 3. The fourth-order valence-corrected chi connectivity index (χ4v) is 3.75. The van der Waals surface area contributed by atoms with E-state index in [0.29, 0.717) is 35.7 Å². The Morgan fingerprint density at radius 3 is 2.73 bits per heavy atom. The lowest BCUT2D eigenvalue weighted by Gasteiger charge is -2.13. The summed E-state index contributed by atoms with van der Waals surface area (Å²) in [6, 6.07) is 3.38. The second-order valence-corrected chi connectivity index (χ2v) is 8.69. The van der Waals surface area contributed by atoms with E-state index in [-0.39, 0.29) is 23.8 Å². The highest BCUT2D eigenvalue weighted by atomic mass is 32.1. The van der Waals surface area contributed by atoms with Crippen molar-refractivity contribution < 1.29 is 9.59 Å². The predicted molar refractivity (Wildman–Crippen MR) is 113 cm³/mol. The predicted octanol–water partition coefficient (Wildman–Crippen LogP) is 2.13. The molecule has 1 aliphatic rings.